The summed E-state index contributed by atoms with van der Waals surface area (Å²) in [6.45, 7) is 2.66. The van der Waals surface area contributed by atoms with E-state index >= 15 is 0 Å². The first-order valence-electron chi connectivity index (χ1n) is 6.80. The SMILES string of the molecule is CNCCCC(=O)N1CCc2ccccc2CC1. The van der Waals surface area contributed by atoms with Gasteiger partial charge in [0.2, 0.25) is 5.91 Å². The topological polar surface area (TPSA) is 32.3 Å². The number of hydrogen-bond donors (Lipinski definition) is 1. The first kappa shape index (κ1) is 13.1. The van der Waals surface area contributed by atoms with Crippen LogP contribution in [0.25, 0.3) is 0 Å². The number of hydrogen-bond acceptors (Lipinski definition) is 2. The summed E-state index contributed by atoms with van der Waals surface area (Å²) < 4.78 is 0. The highest BCUT2D eigenvalue weighted by molar-refractivity contribution is 5.76. The number of rotatable bonds is 4. The zero-order valence-electron chi connectivity index (χ0n) is 11.1. The Hall–Kier alpha value is -1.35. The standard InChI is InChI=1S/C15H22N2O/c1-16-10-4-7-15(18)17-11-8-13-5-2-3-6-14(13)9-12-17/h2-3,5-6,16H,4,7-12H2,1H3. The first-order chi connectivity index (χ1) is 8.81. The zero-order valence-corrected chi connectivity index (χ0v) is 11.1. The Bertz CT molecular complexity index is 376. The maximum absolute atomic E-state index is 12.1. The molecule has 3 nitrogen and oxygen atoms in total. The van der Waals surface area contributed by atoms with Crippen molar-refractivity contribution in [3.63, 3.8) is 0 Å². The minimum Gasteiger partial charge on any atom is -0.342 e. The van der Waals surface area contributed by atoms with Gasteiger partial charge in [0.25, 0.3) is 0 Å². The van der Waals surface area contributed by atoms with Crippen molar-refractivity contribution in [2.45, 2.75) is 25.7 Å². The van der Waals surface area contributed by atoms with E-state index in [0.717, 1.165) is 38.9 Å². The number of fused-ring (bicyclic) bond motifs is 1. The molecule has 1 aromatic carbocycles. The van der Waals surface area contributed by atoms with Crippen molar-refractivity contribution in [2.24, 2.45) is 0 Å². The van der Waals surface area contributed by atoms with E-state index in [9.17, 15) is 4.79 Å². The van der Waals surface area contributed by atoms with Gasteiger partial charge in [-0.3, -0.25) is 4.79 Å². The minimum absolute atomic E-state index is 0.304. The number of nitrogens with one attached hydrogen (secondary N) is 1. The molecular formula is C15H22N2O. The maximum Gasteiger partial charge on any atom is 0.222 e. The second-order valence-corrected chi connectivity index (χ2v) is 4.86. The van der Waals surface area contributed by atoms with Crippen LogP contribution in [0.2, 0.25) is 0 Å². The van der Waals surface area contributed by atoms with Crippen molar-refractivity contribution < 1.29 is 4.79 Å². The molecule has 0 spiro atoms. The van der Waals surface area contributed by atoms with Crippen LogP contribution >= 0.6 is 0 Å². The van der Waals surface area contributed by atoms with Gasteiger partial charge in [0.15, 0.2) is 0 Å². The molecule has 0 aromatic heterocycles. The van der Waals surface area contributed by atoms with Crippen molar-refractivity contribution >= 4 is 5.91 Å². The van der Waals surface area contributed by atoms with Crippen molar-refractivity contribution in [3.05, 3.63) is 35.4 Å². The van der Waals surface area contributed by atoms with Crippen LogP contribution in [0.5, 0.6) is 0 Å². The Morgan fingerprint density at radius 2 is 1.83 bits per heavy atom. The lowest BCUT2D eigenvalue weighted by atomic mass is 10.0. The minimum atomic E-state index is 0.304. The molecule has 1 amide bonds. The molecule has 18 heavy (non-hydrogen) atoms. The third kappa shape index (κ3) is 3.33. The summed E-state index contributed by atoms with van der Waals surface area (Å²) >= 11 is 0. The van der Waals surface area contributed by atoms with Gasteiger partial charge in [0.1, 0.15) is 0 Å². The van der Waals surface area contributed by atoms with Gasteiger partial charge in [0.05, 0.1) is 0 Å². The van der Waals surface area contributed by atoms with Gasteiger partial charge in [-0.15, -0.1) is 0 Å². The number of carbonyl (C=O) groups is 1. The molecule has 0 saturated heterocycles. The Labute approximate surface area is 109 Å². The predicted octanol–water partition coefficient (Wildman–Crippen LogP) is 1.61. The molecule has 1 aliphatic rings. The lowest BCUT2D eigenvalue weighted by Gasteiger charge is -2.20. The second-order valence-electron chi connectivity index (χ2n) is 4.86. The summed E-state index contributed by atoms with van der Waals surface area (Å²) in [4.78, 5) is 14.1. The Morgan fingerprint density at radius 1 is 1.22 bits per heavy atom. The Kier molecular flexibility index (Phi) is 4.76. The van der Waals surface area contributed by atoms with Crippen LogP contribution in [0.1, 0.15) is 24.0 Å². The van der Waals surface area contributed by atoms with Crippen molar-refractivity contribution in [3.8, 4) is 0 Å². The van der Waals surface area contributed by atoms with Crippen LogP contribution in [-0.2, 0) is 17.6 Å². The fourth-order valence-electron chi connectivity index (χ4n) is 2.49. The molecule has 1 aliphatic heterocycles. The van der Waals surface area contributed by atoms with Crippen molar-refractivity contribution in [1.82, 2.24) is 10.2 Å². The third-order valence-electron chi connectivity index (χ3n) is 3.59. The van der Waals surface area contributed by atoms with E-state index in [1.807, 2.05) is 11.9 Å². The van der Waals surface area contributed by atoms with E-state index in [-0.39, 0.29) is 0 Å². The summed E-state index contributed by atoms with van der Waals surface area (Å²) in [6, 6.07) is 8.54. The van der Waals surface area contributed by atoms with Gasteiger partial charge in [0, 0.05) is 19.5 Å². The smallest absolute Gasteiger partial charge is 0.222 e. The molecule has 0 saturated carbocycles. The molecule has 98 valence electrons. The highest BCUT2D eigenvalue weighted by Gasteiger charge is 2.17. The molecule has 3 heteroatoms. The average molecular weight is 246 g/mol. The van der Waals surface area contributed by atoms with Gasteiger partial charge in [-0.05, 0) is 44.0 Å². The number of benzene rings is 1. The van der Waals surface area contributed by atoms with Crippen LogP contribution in [0, 0.1) is 0 Å². The van der Waals surface area contributed by atoms with Crippen molar-refractivity contribution in [1.29, 1.82) is 0 Å². The van der Waals surface area contributed by atoms with E-state index in [1.165, 1.54) is 11.1 Å². The molecule has 0 unspecified atom stereocenters. The normalized spacial score (nSPS) is 15.1. The molecule has 0 aliphatic carbocycles. The van der Waals surface area contributed by atoms with Crippen LogP contribution in [0.15, 0.2) is 24.3 Å². The maximum atomic E-state index is 12.1. The van der Waals surface area contributed by atoms with Crippen LogP contribution in [0.4, 0.5) is 0 Å². The first-order valence-corrected chi connectivity index (χ1v) is 6.80. The number of amides is 1. The van der Waals surface area contributed by atoms with Crippen molar-refractivity contribution in [2.75, 3.05) is 26.7 Å². The average Bonchev–Trinajstić information content (AvgIpc) is 2.61. The van der Waals surface area contributed by atoms with E-state index in [4.69, 9.17) is 0 Å². The van der Waals surface area contributed by atoms with Gasteiger partial charge < -0.3 is 10.2 Å². The van der Waals surface area contributed by atoms with Crippen LogP contribution in [0.3, 0.4) is 0 Å². The van der Waals surface area contributed by atoms with Crippen LogP contribution in [-0.4, -0.2) is 37.5 Å². The lowest BCUT2D eigenvalue weighted by molar-refractivity contribution is -0.131. The summed E-state index contributed by atoms with van der Waals surface area (Å²) in [5, 5.41) is 3.08. The van der Waals surface area contributed by atoms with E-state index in [1.54, 1.807) is 0 Å². The molecule has 0 bridgehead atoms. The molecule has 2 rings (SSSR count). The summed E-state index contributed by atoms with van der Waals surface area (Å²) in [7, 11) is 1.92. The van der Waals surface area contributed by atoms with E-state index in [0.29, 0.717) is 12.3 Å². The number of nitrogens with zero attached hydrogens (tertiary/aromatic N) is 1. The molecule has 0 atom stereocenters. The third-order valence-corrected chi connectivity index (χ3v) is 3.59. The van der Waals surface area contributed by atoms with E-state index in [2.05, 4.69) is 29.6 Å². The van der Waals surface area contributed by atoms with Gasteiger partial charge in [-0.2, -0.15) is 0 Å². The summed E-state index contributed by atoms with van der Waals surface area (Å²) in [5.41, 5.74) is 2.81. The van der Waals surface area contributed by atoms with Gasteiger partial charge >= 0.3 is 0 Å². The quantitative estimate of drug-likeness (QED) is 0.819. The summed E-state index contributed by atoms with van der Waals surface area (Å²) in [6.07, 6.45) is 3.58. The molecule has 0 radical (unpaired) electrons. The Balaban J connectivity index is 1.89. The summed E-state index contributed by atoms with van der Waals surface area (Å²) in [5.74, 6) is 0.304. The van der Waals surface area contributed by atoms with Gasteiger partial charge in [-0.1, -0.05) is 24.3 Å². The van der Waals surface area contributed by atoms with Gasteiger partial charge in [-0.25, -0.2) is 0 Å². The zero-order chi connectivity index (χ0) is 12.8. The highest BCUT2D eigenvalue weighted by Crippen LogP contribution is 2.16. The molecule has 0 fully saturated rings. The molecule has 1 aromatic rings. The van der Waals surface area contributed by atoms with E-state index < -0.39 is 0 Å². The molecule has 1 heterocycles. The molecule has 1 N–H and O–H groups in total. The van der Waals surface area contributed by atoms with Crippen LogP contribution < -0.4 is 5.32 Å². The highest BCUT2D eigenvalue weighted by atomic mass is 16.2. The molecular weight excluding hydrogens is 224 g/mol. The fourth-order valence-corrected chi connectivity index (χ4v) is 2.49. The second kappa shape index (κ2) is 6.55. The largest absolute Gasteiger partial charge is 0.342 e. The monoisotopic (exact) mass is 246 g/mol. The lowest BCUT2D eigenvalue weighted by Crippen LogP contribution is -2.33. The number of carbonyl (C=O) groups excluding carboxylic acids is 1. The fraction of sp³-hybridized carbons (Fsp3) is 0.533. The Morgan fingerprint density at radius 3 is 2.39 bits per heavy atom. The predicted molar refractivity (Wildman–Crippen MR) is 73.6 cm³/mol.